The first kappa shape index (κ1) is 17.8. The zero-order valence-electron chi connectivity index (χ0n) is 15.0. The van der Waals surface area contributed by atoms with Crippen LogP contribution in [0.1, 0.15) is 28.0 Å². The second kappa shape index (κ2) is 7.55. The minimum absolute atomic E-state index is 0.284. The molecule has 0 bridgehead atoms. The third-order valence-electron chi connectivity index (χ3n) is 4.52. The van der Waals surface area contributed by atoms with Crippen molar-refractivity contribution in [3.05, 3.63) is 46.1 Å². The molecule has 136 valence electrons. The largest absolute Gasteiger partial charge is 0.491 e. The van der Waals surface area contributed by atoms with E-state index in [0.29, 0.717) is 5.75 Å². The van der Waals surface area contributed by atoms with E-state index in [-0.39, 0.29) is 6.61 Å². The number of aliphatic hydroxyl groups is 1. The standard InChI is InChI=1S/C20H22N2O2S2/c1-12-6-13(2)8-15(7-12)24-9-14(23)10-25-19-18-16-4-3-5-17(16)26-20(18)22-11-21-19/h6-8,11,14,23H,3-5,9-10H2,1-2H3/t14-/m1/s1. The Labute approximate surface area is 161 Å². The number of aliphatic hydroxyl groups excluding tert-OH is 1. The highest BCUT2D eigenvalue weighted by molar-refractivity contribution is 7.99. The average Bonchev–Trinajstić information content (AvgIpc) is 3.18. The van der Waals surface area contributed by atoms with Crippen LogP contribution in [0.25, 0.3) is 10.2 Å². The number of rotatable bonds is 6. The van der Waals surface area contributed by atoms with Crippen molar-refractivity contribution in [3.8, 4) is 5.75 Å². The van der Waals surface area contributed by atoms with Gasteiger partial charge in [-0.2, -0.15) is 0 Å². The fourth-order valence-electron chi connectivity index (χ4n) is 3.44. The predicted molar refractivity (Wildman–Crippen MR) is 108 cm³/mol. The highest BCUT2D eigenvalue weighted by Crippen LogP contribution is 2.40. The van der Waals surface area contributed by atoms with Gasteiger partial charge < -0.3 is 9.84 Å². The van der Waals surface area contributed by atoms with E-state index in [1.54, 1.807) is 29.4 Å². The van der Waals surface area contributed by atoms with Crippen LogP contribution in [-0.2, 0) is 12.8 Å². The number of nitrogens with zero attached hydrogens (tertiary/aromatic N) is 2. The third-order valence-corrected chi connectivity index (χ3v) is 6.85. The molecule has 0 amide bonds. The van der Waals surface area contributed by atoms with Gasteiger partial charge >= 0.3 is 0 Å². The molecule has 2 aromatic heterocycles. The summed E-state index contributed by atoms with van der Waals surface area (Å²) in [6.45, 7) is 4.38. The van der Waals surface area contributed by atoms with E-state index < -0.39 is 6.10 Å². The molecule has 1 aromatic carbocycles. The van der Waals surface area contributed by atoms with Gasteiger partial charge in [-0.25, -0.2) is 9.97 Å². The van der Waals surface area contributed by atoms with Crippen LogP contribution in [0, 0.1) is 13.8 Å². The van der Waals surface area contributed by atoms with Crippen LogP contribution in [0.15, 0.2) is 29.6 Å². The zero-order valence-corrected chi connectivity index (χ0v) is 16.6. The Bertz CT molecular complexity index is 919. The maximum atomic E-state index is 10.3. The lowest BCUT2D eigenvalue weighted by Crippen LogP contribution is -2.20. The molecule has 26 heavy (non-hydrogen) atoms. The van der Waals surface area contributed by atoms with Gasteiger partial charge in [0.1, 0.15) is 28.5 Å². The van der Waals surface area contributed by atoms with Gasteiger partial charge in [0.2, 0.25) is 0 Å². The van der Waals surface area contributed by atoms with Gasteiger partial charge in [0, 0.05) is 16.0 Å². The molecular weight excluding hydrogens is 364 g/mol. The molecule has 0 spiro atoms. The van der Waals surface area contributed by atoms with Crippen LogP contribution >= 0.6 is 23.1 Å². The van der Waals surface area contributed by atoms with E-state index in [1.165, 1.54) is 33.4 Å². The summed E-state index contributed by atoms with van der Waals surface area (Å²) in [5.41, 5.74) is 3.76. The van der Waals surface area contributed by atoms with Crippen molar-refractivity contribution < 1.29 is 9.84 Å². The fourth-order valence-corrected chi connectivity index (χ4v) is 5.67. The number of benzene rings is 1. The Morgan fingerprint density at radius 2 is 2.00 bits per heavy atom. The molecular formula is C20H22N2O2S2. The third kappa shape index (κ3) is 3.72. The van der Waals surface area contributed by atoms with Crippen LogP contribution in [0.2, 0.25) is 0 Å². The van der Waals surface area contributed by atoms with Gasteiger partial charge in [-0.15, -0.1) is 23.1 Å². The highest BCUT2D eigenvalue weighted by atomic mass is 32.2. The SMILES string of the molecule is Cc1cc(C)cc(OC[C@@H](O)CSc2ncnc3sc4c(c23)CCC4)c1. The van der Waals surface area contributed by atoms with E-state index >= 15 is 0 Å². The van der Waals surface area contributed by atoms with Crippen molar-refractivity contribution in [2.45, 2.75) is 44.2 Å². The van der Waals surface area contributed by atoms with E-state index in [0.717, 1.165) is 28.4 Å². The molecule has 0 aliphatic heterocycles. The van der Waals surface area contributed by atoms with Crippen molar-refractivity contribution in [1.29, 1.82) is 0 Å². The van der Waals surface area contributed by atoms with E-state index in [4.69, 9.17) is 4.74 Å². The Kier molecular flexibility index (Phi) is 5.16. The normalized spacial score (nSPS) is 14.6. The number of hydrogen-bond donors (Lipinski definition) is 1. The van der Waals surface area contributed by atoms with E-state index in [9.17, 15) is 5.11 Å². The topological polar surface area (TPSA) is 55.2 Å². The highest BCUT2D eigenvalue weighted by Gasteiger charge is 2.21. The first-order valence-corrected chi connectivity index (χ1v) is 10.7. The van der Waals surface area contributed by atoms with Crippen molar-refractivity contribution in [1.82, 2.24) is 9.97 Å². The van der Waals surface area contributed by atoms with Crippen molar-refractivity contribution in [2.75, 3.05) is 12.4 Å². The quantitative estimate of drug-likeness (QED) is 0.505. The molecule has 2 heterocycles. The fraction of sp³-hybridized carbons (Fsp3) is 0.400. The Morgan fingerprint density at radius 1 is 1.19 bits per heavy atom. The predicted octanol–water partition coefficient (Wildman–Crippen LogP) is 4.33. The van der Waals surface area contributed by atoms with Crippen LogP contribution in [0.3, 0.4) is 0 Å². The smallest absolute Gasteiger partial charge is 0.128 e. The summed E-state index contributed by atoms with van der Waals surface area (Å²) >= 11 is 3.39. The first-order valence-electron chi connectivity index (χ1n) is 8.87. The Hall–Kier alpha value is -1.63. The van der Waals surface area contributed by atoms with Gasteiger partial charge in [0.05, 0.1) is 6.10 Å². The minimum atomic E-state index is -0.544. The van der Waals surface area contributed by atoms with Crippen molar-refractivity contribution in [2.24, 2.45) is 0 Å². The first-order chi connectivity index (χ1) is 12.6. The maximum Gasteiger partial charge on any atom is 0.128 e. The van der Waals surface area contributed by atoms with Crippen LogP contribution in [-0.4, -0.2) is 33.5 Å². The molecule has 0 saturated heterocycles. The summed E-state index contributed by atoms with van der Waals surface area (Å²) in [7, 11) is 0. The van der Waals surface area contributed by atoms with Crippen LogP contribution in [0.5, 0.6) is 5.75 Å². The summed E-state index contributed by atoms with van der Waals surface area (Å²) in [6.07, 6.45) is 4.59. The molecule has 1 atom stereocenters. The molecule has 0 saturated carbocycles. The molecule has 0 unspecified atom stereocenters. The number of ether oxygens (including phenoxy) is 1. The lowest BCUT2D eigenvalue weighted by atomic mass is 10.1. The Morgan fingerprint density at radius 3 is 2.81 bits per heavy atom. The van der Waals surface area contributed by atoms with Gasteiger partial charge in [-0.3, -0.25) is 0 Å². The monoisotopic (exact) mass is 386 g/mol. The molecule has 6 heteroatoms. The lowest BCUT2D eigenvalue weighted by Gasteiger charge is -2.13. The molecule has 4 nitrogen and oxygen atoms in total. The van der Waals surface area contributed by atoms with Gasteiger partial charge in [-0.05, 0) is 61.9 Å². The second-order valence-electron chi connectivity index (χ2n) is 6.82. The summed E-state index contributed by atoms with van der Waals surface area (Å²) in [5.74, 6) is 1.37. The number of thioether (sulfide) groups is 1. The molecule has 4 rings (SSSR count). The molecule has 3 aromatic rings. The summed E-state index contributed by atoms with van der Waals surface area (Å²) in [6, 6.07) is 6.10. The summed E-state index contributed by atoms with van der Waals surface area (Å²) < 4.78 is 5.77. The van der Waals surface area contributed by atoms with Crippen molar-refractivity contribution in [3.63, 3.8) is 0 Å². The van der Waals surface area contributed by atoms with Gasteiger partial charge in [0.25, 0.3) is 0 Å². The van der Waals surface area contributed by atoms with Crippen LogP contribution in [0.4, 0.5) is 0 Å². The van der Waals surface area contributed by atoms with E-state index in [1.807, 2.05) is 26.0 Å². The molecule has 0 fully saturated rings. The molecule has 1 aliphatic rings. The number of hydrogen-bond acceptors (Lipinski definition) is 6. The average molecular weight is 387 g/mol. The summed E-state index contributed by atoms with van der Waals surface area (Å²) in [5, 5.41) is 12.5. The van der Waals surface area contributed by atoms with Crippen LogP contribution < -0.4 is 4.74 Å². The molecule has 1 aliphatic carbocycles. The van der Waals surface area contributed by atoms with Crippen molar-refractivity contribution >= 4 is 33.3 Å². The van der Waals surface area contributed by atoms with Gasteiger partial charge in [-0.1, -0.05) is 6.07 Å². The second-order valence-corrected chi connectivity index (χ2v) is 8.91. The molecule has 0 radical (unpaired) electrons. The number of fused-ring (bicyclic) bond motifs is 3. The van der Waals surface area contributed by atoms with E-state index in [2.05, 4.69) is 16.0 Å². The number of aryl methyl sites for hydroxylation is 4. The minimum Gasteiger partial charge on any atom is -0.491 e. The maximum absolute atomic E-state index is 10.3. The zero-order chi connectivity index (χ0) is 18.1. The number of aromatic nitrogens is 2. The lowest BCUT2D eigenvalue weighted by molar-refractivity contribution is 0.126. The van der Waals surface area contributed by atoms with Gasteiger partial charge in [0.15, 0.2) is 0 Å². The number of thiophene rings is 1. The summed E-state index contributed by atoms with van der Waals surface area (Å²) in [4.78, 5) is 11.4. The molecule has 1 N–H and O–H groups in total. The Balaban J connectivity index is 1.40.